The fourth-order valence-electron chi connectivity index (χ4n) is 4.34. The van der Waals surface area contributed by atoms with Crippen molar-refractivity contribution in [2.45, 2.75) is 70.8 Å². The zero-order valence-electron chi connectivity index (χ0n) is 16.7. The first-order valence-corrected chi connectivity index (χ1v) is 10.5. The largest absolute Gasteiger partial charge is 0.472 e. The number of ether oxygens (including phenoxy) is 2. The number of methoxy groups -OCH3 is 1. The molecule has 1 atom stereocenters. The summed E-state index contributed by atoms with van der Waals surface area (Å²) in [6.45, 7) is 3.75. The van der Waals surface area contributed by atoms with Crippen LogP contribution in [0.2, 0.25) is 0 Å². The first kappa shape index (κ1) is 19.9. The minimum atomic E-state index is -0.0109. The van der Waals surface area contributed by atoms with Gasteiger partial charge in [0.2, 0.25) is 11.8 Å². The lowest BCUT2D eigenvalue weighted by atomic mass is 9.79. The first-order valence-electron chi connectivity index (χ1n) is 10.5. The number of rotatable bonds is 7. The van der Waals surface area contributed by atoms with E-state index in [1.54, 1.807) is 12.3 Å². The summed E-state index contributed by atoms with van der Waals surface area (Å²) in [7, 11) is 1.54. The van der Waals surface area contributed by atoms with Gasteiger partial charge < -0.3 is 14.4 Å². The van der Waals surface area contributed by atoms with Gasteiger partial charge in [-0.15, -0.1) is 0 Å². The highest BCUT2D eigenvalue weighted by Gasteiger charge is 2.32. The molecule has 6 heteroatoms. The minimum Gasteiger partial charge on any atom is -0.472 e. The first-order chi connectivity index (χ1) is 13.2. The second-order valence-electron chi connectivity index (χ2n) is 7.91. The molecular formula is C21H33N3O3. The van der Waals surface area contributed by atoms with E-state index >= 15 is 0 Å². The van der Waals surface area contributed by atoms with E-state index in [-0.39, 0.29) is 12.0 Å². The molecule has 0 spiro atoms. The van der Waals surface area contributed by atoms with Gasteiger partial charge in [0.15, 0.2) is 0 Å². The summed E-state index contributed by atoms with van der Waals surface area (Å²) < 4.78 is 11.1. The number of hydrogen-bond acceptors (Lipinski definition) is 5. The Morgan fingerprint density at radius 3 is 2.81 bits per heavy atom. The van der Waals surface area contributed by atoms with Gasteiger partial charge in [-0.05, 0) is 44.4 Å². The van der Waals surface area contributed by atoms with E-state index < -0.39 is 0 Å². The van der Waals surface area contributed by atoms with E-state index in [2.05, 4.69) is 16.9 Å². The Labute approximate surface area is 162 Å². The minimum absolute atomic E-state index is 0.0109. The van der Waals surface area contributed by atoms with Crippen LogP contribution in [0.4, 0.5) is 0 Å². The van der Waals surface area contributed by atoms with Crippen LogP contribution in [0.3, 0.4) is 0 Å². The van der Waals surface area contributed by atoms with Crippen LogP contribution in [0.5, 0.6) is 11.9 Å². The Morgan fingerprint density at radius 2 is 2.07 bits per heavy atom. The van der Waals surface area contributed by atoms with Gasteiger partial charge in [0.25, 0.3) is 0 Å². The third-order valence-corrected chi connectivity index (χ3v) is 5.93. The second-order valence-corrected chi connectivity index (χ2v) is 7.91. The van der Waals surface area contributed by atoms with Gasteiger partial charge in [-0.3, -0.25) is 4.79 Å². The molecule has 1 amide bonds. The van der Waals surface area contributed by atoms with E-state index in [0.717, 1.165) is 38.1 Å². The summed E-state index contributed by atoms with van der Waals surface area (Å²) >= 11 is 0. The molecule has 3 rings (SSSR count). The summed E-state index contributed by atoms with van der Waals surface area (Å²) in [5.74, 6) is 1.88. The molecule has 0 N–H and O–H groups in total. The fraction of sp³-hybridized carbons (Fsp3) is 0.762. The number of unbranched alkanes of at least 4 members (excludes halogenated alkanes) is 1. The maximum absolute atomic E-state index is 13.0. The molecule has 1 saturated heterocycles. The summed E-state index contributed by atoms with van der Waals surface area (Å²) in [5.41, 5.74) is 0. The standard InChI is InChI=1S/C21H33N3O3/c1-3-4-6-16-8-10-17(11-9-16)20(25)24-14-5-7-18(15-24)27-19-12-13-22-21(23-19)26-2/h12-13,16-18H,3-11,14-15H2,1-2H3. The number of hydrogen-bond donors (Lipinski definition) is 0. The zero-order valence-corrected chi connectivity index (χ0v) is 16.7. The van der Waals surface area contributed by atoms with Crippen LogP contribution in [0, 0.1) is 11.8 Å². The lowest BCUT2D eigenvalue weighted by molar-refractivity contribution is -0.139. The van der Waals surface area contributed by atoms with Gasteiger partial charge in [0.05, 0.1) is 13.7 Å². The highest BCUT2D eigenvalue weighted by molar-refractivity contribution is 5.79. The molecule has 2 fully saturated rings. The third kappa shape index (κ3) is 5.56. The molecule has 1 aromatic rings. The average Bonchev–Trinajstić information content (AvgIpc) is 2.72. The summed E-state index contributed by atoms with van der Waals surface area (Å²) in [6, 6.07) is 2.04. The number of aromatic nitrogens is 2. The molecule has 1 aliphatic carbocycles. The molecule has 1 aliphatic heterocycles. The van der Waals surface area contributed by atoms with Crippen molar-refractivity contribution in [2.75, 3.05) is 20.2 Å². The predicted molar refractivity (Wildman–Crippen MR) is 104 cm³/mol. The van der Waals surface area contributed by atoms with Crippen molar-refractivity contribution in [2.24, 2.45) is 11.8 Å². The number of piperidine rings is 1. The van der Waals surface area contributed by atoms with Gasteiger partial charge in [-0.2, -0.15) is 4.98 Å². The van der Waals surface area contributed by atoms with E-state index in [1.807, 2.05) is 4.90 Å². The van der Waals surface area contributed by atoms with E-state index in [1.165, 1.54) is 39.2 Å². The van der Waals surface area contributed by atoms with Gasteiger partial charge >= 0.3 is 6.01 Å². The van der Waals surface area contributed by atoms with Crippen LogP contribution in [0.25, 0.3) is 0 Å². The van der Waals surface area contributed by atoms with Crippen LogP contribution in [-0.4, -0.2) is 47.1 Å². The molecule has 0 bridgehead atoms. The summed E-state index contributed by atoms with van der Waals surface area (Å²) in [5, 5.41) is 0. The molecule has 2 aliphatic rings. The molecule has 1 unspecified atom stereocenters. The Morgan fingerprint density at radius 1 is 1.26 bits per heavy atom. The smallest absolute Gasteiger partial charge is 0.319 e. The predicted octanol–water partition coefficient (Wildman–Crippen LogP) is 3.85. The van der Waals surface area contributed by atoms with Gasteiger partial charge in [0.1, 0.15) is 6.10 Å². The third-order valence-electron chi connectivity index (χ3n) is 5.93. The van der Waals surface area contributed by atoms with Gasteiger partial charge in [0, 0.05) is 24.7 Å². The van der Waals surface area contributed by atoms with Gasteiger partial charge in [-0.1, -0.05) is 26.2 Å². The van der Waals surface area contributed by atoms with E-state index in [9.17, 15) is 4.79 Å². The molecule has 150 valence electrons. The van der Waals surface area contributed by atoms with Crippen LogP contribution in [0.1, 0.15) is 64.7 Å². The quantitative estimate of drug-likeness (QED) is 0.724. The maximum Gasteiger partial charge on any atom is 0.319 e. The molecule has 0 radical (unpaired) electrons. The highest BCUT2D eigenvalue weighted by Crippen LogP contribution is 2.33. The normalized spacial score (nSPS) is 25.9. The van der Waals surface area contributed by atoms with Crippen molar-refractivity contribution in [1.29, 1.82) is 0 Å². The Kier molecular flexibility index (Phi) is 7.30. The summed E-state index contributed by atoms with van der Waals surface area (Å²) in [6.07, 6.45) is 12.0. The molecule has 2 heterocycles. The molecule has 1 aromatic heterocycles. The van der Waals surface area contributed by atoms with Crippen LogP contribution in [0.15, 0.2) is 12.3 Å². The molecule has 1 saturated carbocycles. The van der Waals surface area contributed by atoms with Crippen molar-refractivity contribution in [3.63, 3.8) is 0 Å². The Hall–Kier alpha value is -1.85. The number of nitrogens with zero attached hydrogens (tertiary/aromatic N) is 3. The Balaban J connectivity index is 1.49. The highest BCUT2D eigenvalue weighted by atomic mass is 16.5. The Bertz CT molecular complexity index is 602. The van der Waals surface area contributed by atoms with E-state index in [4.69, 9.17) is 9.47 Å². The van der Waals surface area contributed by atoms with Crippen molar-refractivity contribution in [3.8, 4) is 11.9 Å². The van der Waals surface area contributed by atoms with Crippen LogP contribution < -0.4 is 9.47 Å². The zero-order chi connectivity index (χ0) is 19.1. The number of carbonyl (C=O) groups is 1. The number of carbonyl (C=O) groups excluding carboxylic acids is 1. The lowest BCUT2D eigenvalue weighted by Gasteiger charge is -2.36. The second kappa shape index (κ2) is 9.90. The van der Waals surface area contributed by atoms with Crippen LogP contribution in [-0.2, 0) is 4.79 Å². The summed E-state index contributed by atoms with van der Waals surface area (Å²) in [4.78, 5) is 23.2. The molecule has 6 nitrogen and oxygen atoms in total. The fourth-order valence-corrected chi connectivity index (χ4v) is 4.34. The molecule has 0 aromatic carbocycles. The monoisotopic (exact) mass is 375 g/mol. The van der Waals surface area contributed by atoms with Gasteiger partial charge in [-0.25, -0.2) is 4.98 Å². The average molecular weight is 376 g/mol. The van der Waals surface area contributed by atoms with E-state index in [0.29, 0.717) is 24.3 Å². The van der Waals surface area contributed by atoms with Crippen LogP contribution >= 0.6 is 0 Å². The van der Waals surface area contributed by atoms with Crippen molar-refractivity contribution in [1.82, 2.24) is 14.9 Å². The van der Waals surface area contributed by atoms with Crippen molar-refractivity contribution < 1.29 is 14.3 Å². The van der Waals surface area contributed by atoms with Crippen molar-refractivity contribution in [3.05, 3.63) is 12.3 Å². The molecular weight excluding hydrogens is 342 g/mol. The number of amides is 1. The number of likely N-dealkylation sites (tertiary alicyclic amines) is 1. The molecule has 27 heavy (non-hydrogen) atoms. The maximum atomic E-state index is 13.0. The lowest BCUT2D eigenvalue weighted by Crippen LogP contribution is -2.47. The van der Waals surface area contributed by atoms with Crippen molar-refractivity contribution >= 4 is 5.91 Å². The topological polar surface area (TPSA) is 64.6 Å². The SMILES string of the molecule is CCCCC1CCC(C(=O)N2CCCC(Oc3ccnc(OC)n3)C2)CC1.